The highest BCUT2D eigenvalue weighted by Crippen LogP contribution is 2.37. The number of piperidine rings is 1. The molecule has 8 nitrogen and oxygen atoms in total. The number of pyridine rings is 2. The Balaban J connectivity index is 0.00000323. The molecule has 0 spiro atoms. The van der Waals surface area contributed by atoms with E-state index in [4.69, 9.17) is 0 Å². The van der Waals surface area contributed by atoms with Gasteiger partial charge in [-0.15, -0.1) is 17.5 Å². The Morgan fingerprint density at radius 1 is 1.07 bits per heavy atom. The number of nitrogens with zero attached hydrogens (tertiary/aromatic N) is 6. The largest absolute Gasteiger partial charge is 0.417 e. The van der Waals surface area contributed by atoms with Crippen molar-refractivity contribution in [1.29, 1.82) is 0 Å². The van der Waals surface area contributed by atoms with Crippen LogP contribution < -0.4 is 10.2 Å². The molecule has 1 saturated heterocycles. The third-order valence-corrected chi connectivity index (χ3v) is 7.05. The van der Waals surface area contributed by atoms with Crippen molar-refractivity contribution >= 4 is 46.1 Å². The zero-order valence-corrected chi connectivity index (χ0v) is 22.2. The molecule has 206 valence electrons. The standard InChI is InChI=1S/C28H24F3N7O.ClH/c1-17-5-2-6-18-11-14-34-26(24(17)18)37(20-7-3-12-32-16-20)27(39)21-10-9-19(15-22(21)28(29,30)31)38-25-23(35-36-38)8-4-13-33-25;/h2,4-6,8-11,13-15,20,32H,3,7,12,16H2,1H3;1H/t20-;/m1./s1. The van der Waals surface area contributed by atoms with E-state index < -0.39 is 23.2 Å². The fourth-order valence-corrected chi connectivity index (χ4v) is 5.21. The Morgan fingerprint density at radius 3 is 2.70 bits per heavy atom. The first-order valence-electron chi connectivity index (χ1n) is 12.6. The van der Waals surface area contributed by atoms with Gasteiger partial charge in [0.15, 0.2) is 5.65 Å². The van der Waals surface area contributed by atoms with Gasteiger partial charge in [-0.3, -0.25) is 9.69 Å². The molecule has 1 aliphatic rings. The number of carbonyl (C=O) groups excluding carboxylic acids is 1. The van der Waals surface area contributed by atoms with Crippen LogP contribution in [0.25, 0.3) is 27.6 Å². The highest BCUT2D eigenvalue weighted by molar-refractivity contribution is 6.11. The number of nitrogens with one attached hydrogen (secondary N) is 1. The van der Waals surface area contributed by atoms with E-state index in [2.05, 4.69) is 25.6 Å². The van der Waals surface area contributed by atoms with Crippen molar-refractivity contribution < 1.29 is 18.0 Å². The van der Waals surface area contributed by atoms with Gasteiger partial charge in [0.1, 0.15) is 11.3 Å². The fourth-order valence-electron chi connectivity index (χ4n) is 5.21. The summed E-state index contributed by atoms with van der Waals surface area (Å²) in [6, 6.07) is 14.1. The van der Waals surface area contributed by atoms with E-state index in [-0.39, 0.29) is 24.1 Å². The minimum absolute atomic E-state index is 0. The second kappa shape index (κ2) is 10.8. The Hall–Kier alpha value is -4.09. The van der Waals surface area contributed by atoms with Crippen molar-refractivity contribution in [1.82, 2.24) is 30.3 Å². The van der Waals surface area contributed by atoms with Crippen LogP contribution in [0.1, 0.15) is 34.3 Å². The number of amides is 1. The van der Waals surface area contributed by atoms with Gasteiger partial charge in [-0.05, 0) is 73.7 Å². The Bertz CT molecular complexity index is 1690. The van der Waals surface area contributed by atoms with Crippen LogP contribution in [0, 0.1) is 6.92 Å². The number of halogens is 4. The number of carbonyl (C=O) groups is 1. The number of hydrogen-bond acceptors (Lipinski definition) is 6. The van der Waals surface area contributed by atoms with Gasteiger partial charge in [0.25, 0.3) is 5.91 Å². The Labute approximate surface area is 233 Å². The molecule has 1 N–H and O–H groups in total. The van der Waals surface area contributed by atoms with Gasteiger partial charge in [0, 0.05) is 24.3 Å². The second-order valence-corrected chi connectivity index (χ2v) is 9.56. The van der Waals surface area contributed by atoms with Gasteiger partial charge in [0.05, 0.1) is 22.9 Å². The number of rotatable bonds is 4. The molecule has 0 saturated carbocycles. The van der Waals surface area contributed by atoms with Crippen molar-refractivity contribution in [2.24, 2.45) is 0 Å². The molecule has 0 bridgehead atoms. The van der Waals surface area contributed by atoms with Crippen LogP contribution in [0.15, 0.2) is 67.0 Å². The summed E-state index contributed by atoms with van der Waals surface area (Å²) >= 11 is 0. The van der Waals surface area contributed by atoms with E-state index in [1.807, 2.05) is 31.2 Å². The third-order valence-electron chi connectivity index (χ3n) is 7.05. The summed E-state index contributed by atoms with van der Waals surface area (Å²) in [5, 5.41) is 12.8. The van der Waals surface area contributed by atoms with Crippen molar-refractivity contribution in [3.63, 3.8) is 0 Å². The molecule has 1 atom stereocenters. The van der Waals surface area contributed by atoms with Crippen LogP contribution in [-0.4, -0.2) is 50.0 Å². The molecule has 0 aliphatic carbocycles. The van der Waals surface area contributed by atoms with Gasteiger partial charge >= 0.3 is 6.18 Å². The van der Waals surface area contributed by atoms with Gasteiger partial charge in [-0.1, -0.05) is 23.4 Å². The average Bonchev–Trinajstić information content (AvgIpc) is 3.37. The van der Waals surface area contributed by atoms with Crippen LogP contribution in [0.4, 0.5) is 19.0 Å². The van der Waals surface area contributed by atoms with Crippen LogP contribution in [0.3, 0.4) is 0 Å². The molecule has 1 amide bonds. The lowest BCUT2D eigenvalue weighted by Crippen LogP contribution is -2.49. The molecule has 1 fully saturated rings. The van der Waals surface area contributed by atoms with E-state index in [9.17, 15) is 18.0 Å². The average molecular weight is 568 g/mol. The van der Waals surface area contributed by atoms with Crippen molar-refractivity contribution in [3.05, 3.63) is 83.7 Å². The SMILES string of the molecule is Cc1cccc2ccnc(N(C(=O)c3ccc(-n4nnc5cccnc54)cc3C(F)(F)F)[C@@H]3CCCNC3)c12.Cl. The lowest BCUT2D eigenvalue weighted by Gasteiger charge is -2.35. The zero-order chi connectivity index (χ0) is 27.1. The fraction of sp³-hybridized carbons (Fsp3) is 0.250. The third kappa shape index (κ3) is 4.86. The van der Waals surface area contributed by atoms with Gasteiger partial charge in [-0.2, -0.15) is 17.9 Å². The monoisotopic (exact) mass is 567 g/mol. The van der Waals surface area contributed by atoms with E-state index in [1.54, 1.807) is 18.3 Å². The maximum absolute atomic E-state index is 14.5. The zero-order valence-electron chi connectivity index (χ0n) is 21.4. The molecular weight excluding hydrogens is 543 g/mol. The minimum atomic E-state index is -4.80. The van der Waals surface area contributed by atoms with E-state index in [0.29, 0.717) is 29.9 Å². The molecule has 40 heavy (non-hydrogen) atoms. The summed E-state index contributed by atoms with van der Waals surface area (Å²) < 4.78 is 44.8. The van der Waals surface area contributed by atoms with Crippen molar-refractivity contribution in [2.75, 3.05) is 18.0 Å². The van der Waals surface area contributed by atoms with Gasteiger partial charge < -0.3 is 5.32 Å². The summed E-state index contributed by atoms with van der Waals surface area (Å²) in [6.07, 6.45) is -0.276. The lowest BCUT2D eigenvalue weighted by molar-refractivity contribution is -0.137. The molecule has 2 aromatic carbocycles. The molecule has 3 aromatic heterocycles. The van der Waals surface area contributed by atoms with Crippen LogP contribution in [-0.2, 0) is 6.18 Å². The number of benzene rings is 2. The highest BCUT2D eigenvalue weighted by atomic mass is 35.5. The predicted octanol–water partition coefficient (Wildman–Crippen LogP) is 5.51. The van der Waals surface area contributed by atoms with Crippen molar-refractivity contribution in [3.8, 4) is 5.69 Å². The first kappa shape index (κ1) is 27.5. The van der Waals surface area contributed by atoms with Gasteiger partial charge in [0.2, 0.25) is 0 Å². The first-order valence-corrected chi connectivity index (χ1v) is 12.6. The molecule has 4 heterocycles. The molecule has 0 unspecified atom stereocenters. The lowest BCUT2D eigenvalue weighted by atomic mass is 9.99. The smallest absolute Gasteiger partial charge is 0.315 e. The maximum Gasteiger partial charge on any atom is 0.417 e. The second-order valence-electron chi connectivity index (χ2n) is 9.56. The van der Waals surface area contributed by atoms with E-state index in [1.165, 1.54) is 27.9 Å². The first-order chi connectivity index (χ1) is 18.8. The molecule has 6 rings (SSSR count). The summed E-state index contributed by atoms with van der Waals surface area (Å²) in [4.78, 5) is 24.4. The predicted molar refractivity (Wildman–Crippen MR) is 148 cm³/mol. The molecule has 5 aromatic rings. The van der Waals surface area contributed by atoms with Crippen LogP contribution >= 0.6 is 12.4 Å². The highest BCUT2D eigenvalue weighted by Gasteiger charge is 2.39. The number of aromatic nitrogens is 5. The molecular formula is C28H25ClF3N7O. The van der Waals surface area contributed by atoms with Crippen LogP contribution in [0.2, 0.25) is 0 Å². The number of aryl methyl sites for hydroxylation is 1. The van der Waals surface area contributed by atoms with E-state index in [0.717, 1.165) is 35.4 Å². The quantitative estimate of drug-likeness (QED) is 0.308. The summed E-state index contributed by atoms with van der Waals surface area (Å²) in [5.41, 5.74) is 0.228. The van der Waals surface area contributed by atoms with Crippen LogP contribution in [0.5, 0.6) is 0 Å². The molecule has 0 radical (unpaired) electrons. The van der Waals surface area contributed by atoms with E-state index >= 15 is 0 Å². The number of anilines is 1. The number of hydrogen-bond donors (Lipinski definition) is 1. The summed E-state index contributed by atoms with van der Waals surface area (Å²) in [6.45, 7) is 3.14. The summed E-state index contributed by atoms with van der Waals surface area (Å²) in [7, 11) is 0. The minimum Gasteiger partial charge on any atom is -0.315 e. The van der Waals surface area contributed by atoms with Gasteiger partial charge in [-0.25, -0.2) is 9.97 Å². The number of alkyl halides is 3. The Kier molecular flexibility index (Phi) is 7.43. The summed E-state index contributed by atoms with van der Waals surface area (Å²) in [5.74, 6) is -0.402. The van der Waals surface area contributed by atoms with Crippen molar-refractivity contribution in [2.45, 2.75) is 32.0 Å². The Morgan fingerprint density at radius 2 is 1.93 bits per heavy atom. The number of fused-ring (bicyclic) bond motifs is 2. The maximum atomic E-state index is 14.5. The normalized spacial score (nSPS) is 15.7. The topological polar surface area (TPSA) is 88.8 Å². The molecule has 1 aliphatic heterocycles. The molecule has 12 heteroatoms.